The molecule has 0 aliphatic carbocycles. The SMILES string of the molecule is OCC1OC(OC2C(O)C(CO)OC(OC3C(CO)OC(OC4C(CO)OC(O)C(O)C4O)C(O)C3O)C2O)C(O)C(O)C1O. The third kappa shape index (κ3) is 7.44. The molecule has 4 heterocycles. The van der Waals surface area contributed by atoms with E-state index in [4.69, 9.17) is 33.2 Å². The smallest absolute Gasteiger partial charge is 0.187 e. The average Bonchev–Trinajstić information content (AvgIpc) is 3.03. The summed E-state index contributed by atoms with van der Waals surface area (Å²) in [5.74, 6) is 0. The lowest BCUT2D eigenvalue weighted by Gasteiger charge is -2.49. The van der Waals surface area contributed by atoms with Crippen LogP contribution in [0.1, 0.15) is 0 Å². The first-order valence-corrected chi connectivity index (χ1v) is 14.1. The quantitative estimate of drug-likeness (QED) is 0.103. The van der Waals surface area contributed by atoms with E-state index in [1.165, 1.54) is 0 Å². The average molecular weight is 667 g/mol. The minimum atomic E-state index is -2.02. The van der Waals surface area contributed by atoms with Gasteiger partial charge in [-0.2, -0.15) is 0 Å². The fourth-order valence-electron chi connectivity index (χ4n) is 5.54. The molecule has 21 nitrogen and oxygen atoms in total. The van der Waals surface area contributed by atoms with E-state index in [9.17, 15) is 71.5 Å². The molecule has 0 spiro atoms. The largest absolute Gasteiger partial charge is 0.394 e. The molecule has 0 radical (unpaired) electrons. The Hall–Kier alpha value is -0.840. The third-order valence-electron chi connectivity index (χ3n) is 8.20. The third-order valence-corrected chi connectivity index (χ3v) is 8.20. The molecule has 20 atom stereocenters. The Balaban J connectivity index is 1.48. The zero-order chi connectivity index (χ0) is 33.3. The normalized spacial score (nSPS) is 52.9. The van der Waals surface area contributed by atoms with Crippen LogP contribution in [0.15, 0.2) is 0 Å². The molecule has 0 amide bonds. The van der Waals surface area contributed by atoms with Gasteiger partial charge in [0.25, 0.3) is 0 Å². The van der Waals surface area contributed by atoms with Crippen LogP contribution in [0, 0.1) is 0 Å². The van der Waals surface area contributed by atoms with Crippen molar-refractivity contribution >= 4 is 0 Å². The van der Waals surface area contributed by atoms with Gasteiger partial charge in [0, 0.05) is 0 Å². The zero-order valence-electron chi connectivity index (χ0n) is 23.5. The van der Waals surface area contributed by atoms with Crippen molar-refractivity contribution in [2.24, 2.45) is 0 Å². The molecule has 0 aromatic carbocycles. The lowest BCUT2D eigenvalue weighted by atomic mass is 9.95. The molecule has 0 aromatic heterocycles. The van der Waals surface area contributed by atoms with Gasteiger partial charge in [-0.05, 0) is 0 Å². The van der Waals surface area contributed by atoms with Crippen molar-refractivity contribution in [1.82, 2.24) is 0 Å². The van der Waals surface area contributed by atoms with E-state index in [0.29, 0.717) is 0 Å². The number of aliphatic hydroxyl groups is 14. The predicted octanol–water partition coefficient (Wildman–Crippen LogP) is -9.75. The van der Waals surface area contributed by atoms with E-state index in [-0.39, 0.29) is 0 Å². The van der Waals surface area contributed by atoms with Crippen LogP contribution in [0.25, 0.3) is 0 Å². The topological polar surface area (TPSA) is 348 Å². The Kier molecular flexibility index (Phi) is 12.8. The first-order chi connectivity index (χ1) is 21.3. The van der Waals surface area contributed by atoms with Crippen LogP contribution in [0.2, 0.25) is 0 Å². The molecule has 21 heteroatoms. The second kappa shape index (κ2) is 15.6. The summed E-state index contributed by atoms with van der Waals surface area (Å²) in [5, 5.41) is 142. The molecular weight excluding hydrogens is 624 g/mol. The van der Waals surface area contributed by atoms with Crippen molar-refractivity contribution < 1.29 is 105 Å². The second-order valence-electron chi connectivity index (χ2n) is 11.1. The van der Waals surface area contributed by atoms with E-state index >= 15 is 0 Å². The summed E-state index contributed by atoms with van der Waals surface area (Å²) in [6, 6.07) is 0. The highest BCUT2D eigenvalue weighted by molar-refractivity contribution is 4.97. The van der Waals surface area contributed by atoms with Crippen LogP contribution >= 0.6 is 0 Å². The van der Waals surface area contributed by atoms with Crippen LogP contribution in [0.5, 0.6) is 0 Å². The van der Waals surface area contributed by atoms with Crippen molar-refractivity contribution in [2.45, 2.75) is 123 Å². The molecule has 14 N–H and O–H groups in total. The first kappa shape index (κ1) is 37.0. The van der Waals surface area contributed by atoms with Gasteiger partial charge >= 0.3 is 0 Å². The summed E-state index contributed by atoms with van der Waals surface area (Å²) in [6.07, 6.45) is -35.6. The minimum Gasteiger partial charge on any atom is -0.394 e. The Labute approximate surface area is 254 Å². The van der Waals surface area contributed by atoms with Crippen LogP contribution in [0.3, 0.4) is 0 Å². The summed E-state index contributed by atoms with van der Waals surface area (Å²) >= 11 is 0. The molecule has 20 unspecified atom stereocenters. The van der Waals surface area contributed by atoms with E-state index < -0.39 is 149 Å². The highest BCUT2D eigenvalue weighted by Gasteiger charge is 2.55. The van der Waals surface area contributed by atoms with Gasteiger partial charge in [-0.1, -0.05) is 0 Å². The fourth-order valence-corrected chi connectivity index (χ4v) is 5.54. The van der Waals surface area contributed by atoms with Gasteiger partial charge in [0.15, 0.2) is 25.2 Å². The highest BCUT2D eigenvalue weighted by atomic mass is 16.8. The Morgan fingerprint density at radius 3 is 1.22 bits per heavy atom. The zero-order valence-corrected chi connectivity index (χ0v) is 23.5. The fraction of sp³-hybridized carbons (Fsp3) is 1.00. The van der Waals surface area contributed by atoms with Gasteiger partial charge in [-0.25, -0.2) is 0 Å². The molecule has 0 aromatic rings. The van der Waals surface area contributed by atoms with Gasteiger partial charge in [-0.15, -0.1) is 0 Å². The molecule has 0 bridgehead atoms. The molecule has 264 valence electrons. The summed E-state index contributed by atoms with van der Waals surface area (Å²) in [7, 11) is 0. The van der Waals surface area contributed by atoms with Gasteiger partial charge in [0.2, 0.25) is 0 Å². The molecule has 4 rings (SSSR count). The number of hydrogen-bond donors (Lipinski definition) is 14. The van der Waals surface area contributed by atoms with Crippen LogP contribution in [-0.4, -0.2) is 221 Å². The van der Waals surface area contributed by atoms with Crippen LogP contribution in [-0.2, 0) is 33.2 Å². The van der Waals surface area contributed by atoms with Crippen molar-refractivity contribution in [3.63, 3.8) is 0 Å². The maximum atomic E-state index is 11.0. The lowest BCUT2D eigenvalue weighted by Crippen LogP contribution is -2.67. The molecule has 4 saturated heterocycles. The first-order valence-electron chi connectivity index (χ1n) is 14.1. The molecule has 4 aliphatic heterocycles. The number of aliphatic hydroxyl groups excluding tert-OH is 14. The highest BCUT2D eigenvalue weighted by Crippen LogP contribution is 2.34. The van der Waals surface area contributed by atoms with E-state index in [0.717, 1.165) is 0 Å². The minimum absolute atomic E-state index is 0.806. The van der Waals surface area contributed by atoms with Gasteiger partial charge < -0.3 is 105 Å². The van der Waals surface area contributed by atoms with Crippen molar-refractivity contribution in [2.75, 3.05) is 26.4 Å². The molecular formula is C24H42O21. The molecule has 4 fully saturated rings. The predicted molar refractivity (Wildman–Crippen MR) is 134 cm³/mol. The lowest BCUT2D eigenvalue weighted by molar-refractivity contribution is -0.388. The molecule has 4 aliphatic rings. The molecule has 45 heavy (non-hydrogen) atoms. The van der Waals surface area contributed by atoms with Gasteiger partial charge in [0.1, 0.15) is 97.7 Å². The number of ether oxygens (including phenoxy) is 7. The maximum absolute atomic E-state index is 11.0. The van der Waals surface area contributed by atoms with E-state index in [1.807, 2.05) is 0 Å². The van der Waals surface area contributed by atoms with Gasteiger partial charge in [-0.3, -0.25) is 0 Å². The standard InChI is InChI=1S/C24H42O21/c25-1-5-9(29)11(31)15(35)22(40-5)45-20-10(30)6(2-26)41-24(17(20)37)44-19-8(4-28)42-23(16(36)13(19)33)43-18-7(3-27)39-21(38)14(34)12(18)32/h5-38H,1-4H2. The van der Waals surface area contributed by atoms with Crippen LogP contribution in [0.4, 0.5) is 0 Å². The number of hydrogen-bond acceptors (Lipinski definition) is 21. The van der Waals surface area contributed by atoms with Crippen LogP contribution < -0.4 is 0 Å². The van der Waals surface area contributed by atoms with E-state index in [1.54, 1.807) is 0 Å². The Bertz CT molecular complexity index is 912. The summed E-state index contributed by atoms with van der Waals surface area (Å²) in [4.78, 5) is 0. The Morgan fingerprint density at radius 2 is 0.711 bits per heavy atom. The Morgan fingerprint density at radius 1 is 0.333 bits per heavy atom. The number of rotatable bonds is 10. The van der Waals surface area contributed by atoms with Crippen molar-refractivity contribution in [1.29, 1.82) is 0 Å². The second-order valence-corrected chi connectivity index (χ2v) is 11.1. The summed E-state index contributed by atoms with van der Waals surface area (Å²) < 4.78 is 37.7. The monoisotopic (exact) mass is 666 g/mol. The maximum Gasteiger partial charge on any atom is 0.187 e. The van der Waals surface area contributed by atoms with Crippen molar-refractivity contribution in [3.05, 3.63) is 0 Å². The summed E-state index contributed by atoms with van der Waals surface area (Å²) in [6.45, 7) is -3.41. The van der Waals surface area contributed by atoms with Gasteiger partial charge in [0.05, 0.1) is 26.4 Å². The molecule has 0 saturated carbocycles. The van der Waals surface area contributed by atoms with E-state index in [2.05, 4.69) is 0 Å². The van der Waals surface area contributed by atoms with Crippen molar-refractivity contribution in [3.8, 4) is 0 Å². The summed E-state index contributed by atoms with van der Waals surface area (Å²) in [5.41, 5.74) is 0.